The van der Waals surface area contributed by atoms with E-state index in [0.717, 1.165) is 12.2 Å². The predicted octanol–water partition coefficient (Wildman–Crippen LogP) is 5.08. The molecule has 2 nitrogen and oxygen atoms in total. The Hall–Kier alpha value is -0.0151. The molecule has 1 heterocycles. The van der Waals surface area contributed by atoms with Gasteiger partial charge in [0.05, 0.1) is 11.2 Å². The summed E-state index contributed by atoms with van der Waals surface area (Å²) in [5.41, 5.74) is 0.300. The van der Waals surface area contributed by atoms with Crippen molar-refractivity contribution in [2.75, 3.05) is 0 Å². The van der Waals surface area contributed by atoms with Crippen LogP contribution in [0.4, 0.5) is 0 Å². The Morgan fingerprint density at radius 3 is 1.75 bits per heavy atom. The van der Waals surface area contributed by atoms with Crippen LogP contribution in [0.25, 0.3) is 0 Å². The smallest absolute Gasteiger partial charge is 0.403 e. The standard InChI is InChI=1S/C17H33BO2/c1-7-9-17(10-8-2)11-14(12-17)13-18-19-15(3,4)16(5,6)20-18/h14H,7-13H2,1-6H3. The van der Waals surface area contributed by atoms with Crippen LogP contribution in [0.1, 0.15) is 80.1 Å². The molecule has 0 unspecified atom stereocenters. The van der Waals surface area contributed by atoms with Gasteiger partial charge in [0.1, 0.15) is 0 Å². The van der Waals surface area contributed by atoms with Gasteiger partial charge in [0.15, 0.2) is 0 Å². The van der Waals surface area contributed by atoms with Crippen LogP contribution in [0.5, 0.6) is 0 Å². The van der Waals surface area contributed by atoms with Gasteiger partial charge in [-0.25, -0.2) is 0 Å². The molecular weight excluding hydrogens is 247 g/mol. The lowest BCUT2D eigenvalue weighted by Crippen LogP contribution is -2.41. The molecule has 1 aliphatic carbocycles. The number of hydrogen-bond acceptors (Lipinski definition) is 2. The van der Waals surface area contributed by atoms with Crippen molar-refractivity contribution in [3.63, 3.8) is 0 Å². The second kappa shape index (κ2) is 5.64. The van der Waals surface area contributed by atoms with E-state index in [2.05, 4.69) is 41.5 Å². The minimum Gasteiger partial charge on any atom is -0.403 e. The van der Waals surface area contributed by atoms with Gasteiger partial charge in [-0.15, -0.1) is 0 Å². The molecule has 2 fully saturated rings. The molecule has 0 aromatic carbocycles. The van der Waals surface area contributed by atoms with Crippen molar-refractivity contribution in [3.8, 4) is 0 Å². The van der Waals surface area contributed by atoms with Gasteiger partial charge in [-0.1, -0.05) is 26.7 Å². The van der Waals surface area contributed by atoms with E-state index < -0.39 is 0 Å². The summed E-state index contributed by atoms with van der Waals surface area (Å²) in [5, 5.41) is 0. The van der Waals surface area contributed by atoms with Crippen molar-refractivity contribution in [3.05, 3.63) is 0 Å². The van der Waals surface area contributed by atoms with Crippen LogP contribution < -0.4 is 0 Å². The molecule has 1 aliphatic heterocycles. The highest BCUT2D eigenvalue weighted by Crippen LogP contribution is 2.54. The Morgan fingerprint density at radius 1 is 0.900 bits per heavy atom. The van der Waals surface area contributed by atoms with E-state index in [9.17, 15) is 0 Å². The Balaban J connectivity index is 1.83. The van der Waals surface area contributed by atoms with Crippen LogP contribution in [0.2, 0.25) is 6.32 Å². The largest absolute Gasteiger partial charge is 0.458 e. The van der Waals surface area contributed by atoms with Crippen LogP contribution in [-0.4, -0.2) is 18.3 Å². The molecule has 0 amide bonds. The van der Waals surface area contributed by atoms with E-state index in [1.165, 1.54) is 38.5 Å². The van der Waals surface area contributed by atoms with Crippen LogP contribution >= 0.6 is 0 Å². The van der Waals surface area contributed by atoms with Crippen molar-refractivity contribution in [1.82, 2.24) is 0 Å². The fourth-order valence-corrected chi connectivity index (χ4v) is 4.26. The minimum atomic E-state index is -0.175. The summed E-state index contributed by atoms with van der Waals surface area (Å²) in [6, 6.07) is 0. The lowest BCUT2D eigenvalue weighted by atomic mass is 9.53. The molecule has 0 aromatic rings. The summed E-state index contributed by atoms with van der Waals surface area (Å²) in [5.74, 6) is 0.808. The maximum atomic E-state index is 6.14. The lowest BCUT2D eigenvalue weighted by molar-refractivity contribution is 0.00578. The second-order valence-electron chi connectivity index (χ2n) is 8.20. The van der Waals surface area contributed by atoms with Crippen LogP contribution in [0.3, 0.4) is 0 Å². The van der Waals surface area contributed by atoms with Gasteiger partial charge in [0.25, 0.3) is 0 Å². The zero-order valence-electron chi connectivity index (χ0n) is 14.4. The van der Waals surface area contributed by atoms with Gasteiger partial charge < -0.3 is 9.31 Å². The molecule has 3 heteroatoms. The molecule has 0 atom stereocenters. The van der Waals surface area contributed by atoms with E-state index in [1.807, 2.05) is 0 Å². The first kappa shape index (κ1) is 16.4. The molecule has 20 heavy (non-hydrogen) atoms. The highest BCUT2D eigenvalue weighted by Gasteiger charge is 2.53. The molecule has 116 valence electrons. The zero-order chi connectivity index (χ0) is 15.0. The van der Waals surface area contributed by atoms with E-state index in [1.54, 1.807) is 0 Å². The number of hydrogen-bond donors (Lipinski definition) is 0. The molecule has 0 radical (unpaired) electrons. The zero-order valence-corrected chi connectivity index (χ0v) is 14.4. The highest BCUT2D eigenvalue weighted by atomic mass is 16.7. The number of rotatable bonds is 6. The van der Waals surface area contributed by atoms with E-state index in [4.69, 9.17) is 9.31 Å². The van der Waals surface area contributed by atoms with Crippen molar-refractivity contribution >= 4 is 7.12 Å². The third-order valence-corrected chi connectivity index (χ3v) is 5.83. The molecule has 2 rings (SSSR count). The summed E-state index contributed by atoms with van der Waals surface area (Å²) in [4.78, 5) is 0. The molecule has 0 N–H and O–H groups in total. The normalized spacial score (nSPS) is 27.6. The first-order valence-electron chi connectivity index (χ1n) is 8.59. The third kappa shape index (κ3) is 3.09. The Kier molecular flexibility index (Phi) is 4.62. The SMILES string of the molecule is CCCC1(CCC)CC(CB2OC(C)(C)C(C)(C)O2)C1. The van der Waals surface area contributed by atoms with E-state index in [-0.39, 0.29) is 18.3 Å². The van der Waals surface area contributed by atoms with Crippen molar-refractivity contribution in [2.24, 2.45) is 11.3 Å². The quantitative estimate of drug-likeness (QED) is 0.632. The van der Waals surface area contributed by atoms with Crippen LogP contribution in [0.15, 0.2) is 0 Å². The van der Waals surface area contributed by atoms with Crippen LogP contribution in [0, 0.1) is 11.3 Å². The van der Waals surface area contributed by atoms with Gasteiger partial charge in [0.2, 0.25) is 0 Å². The molecule has 2 aliphatic rings. The van der Waals surface area contributed by atoms with Gasteiger partial charge in [-0.3, -0.25) is 0 Å². The maximum Gasteiger partial charge on any atom is 0.458 e. The fraction of sp³-hybridized carbons (Fsp3) is 1.00. The predicted molar refractivity (Wildman–Crippen MR) is 85.9 cm³/mol. The average molecular weight is 280 g/mol. The molecule has 0 aromatic heterocycles. The van der Waals surface area contributed by atoms with Gasteiger partial charge >= 0.3 is 7.12 Å². The Labute approximate surface area is 126 Å². The summed E-state index contributed by atoms with van der Waals surface area (Å²) in [7, 11) is 0.00579. The van der Waals surface area contributed by atoms with Crippen molar-refractivity contribution in [2.45, 2.75) is 97.6 Å². The molecule has 1 saturated heterocycles. The molecule has 1 saturated carbocycles. The molecule has 0 spiro atoms. The topological polar surface area (TPSA) is 18.5 Å². The van der Waals surface area contributed by atoms with Gasteiger partial charge in [-0.2, -0.15) is 0 Å². The Bertz CT molecular complexity index is 308. The average Bonchev–Trinajstić information content (AvgIpc) is 2.45. The third-order valence-electron chi connectivity index (χ3n) is 5.83. The lowest BCUT2D eigenvalue weighted by Gasteiger charge is -2.48. The first-order chi connectivity index (χ1) is 9.24. The van der Waals surface area contributed by atoms with Gasteiger partial charge in [-0.05, 0) is 71.0 Å². The molecular formula is C17H33BO2. The maximum absolute atomic E-state index is 6.14. The highest BCUT2D eigenvalue weighted by molar-refractivity contribution is 6.45. The summed E-state index contributed by atoms with van der Waals surface area (Å²) < 4.78 is 12.3. The second-order valence-corrected chi connectivity index (χ2v) is 8.20. The van der Waals surface area contributed by atoms with E-state index >= 15 is 0 Å². The van der Waals surface area contributed by atoms with E-state index in [0.29, 0.717) is 5.41 Å². The monoisotopic (exact) mass is 280 g/mol. The van der Waals surface area contributed by atoms with Gasteiger partial charge in [0, 0.05) is 0 Å². The first-order valence-corrected chi connectivity index (χ1v) is 8.59. The summed E-state index contributed by atoms with van der Waals surface area (Å²) in [6.07, 6.45) is 9.31. The summed E-state index contributed by atoms with van der Waals surface area (Å²) in [6.45, 7) is 13.2. The Morgan fingerprint density at radius 2 is 1.35 bits per heavy atom. The summed E-state index contributed by atoms with van der Waals surface area (Å²) >= 11 is 0. The van der Waals surface area contributed by atoms with Crippen molar-refractivity contribution < 1.29 is 9.31 Å². The molecule has 0 bridgehead atoms. The van der Waals surface area contributed by atoms with Crippen molar-refractivity contribution in [1.29, 1.82) is 0 Å². The van der Waals surface area contributed by atoms with Crippen LogP contribution in [-0.2, 0) is 9.31 Å². The fourth-order valence-electron chi connectivity index (χ4n) is 4.26. The minimum absolute atomic E-state index is 0.00579.